The van der Waals surface area contributed by atoms with Gasteiger partial charge in [-0.2, -0.15) is 5.10 Å². The molecule has 1 heterocycles. The van der Waals surface area contributed by atoms with Gasteiger partial charge in [-0.15, -0.1) is 0 Å². The molecule has 4 rings (SSSR count). The Labute approximate surface area is 151 Å². The minimum Gasteiger partial charge on any atom is -0.298 e. The molecule has 0 radical (unpaired) electrons. The number of nitrogens with zero attached hydrogens (tertiary/aromatic N) is 2. The van der Waals surface area contributed by atoms with Crippen LogP contribution in [0.4, 0.5) is 0 Å². The van der Waals surface area contributed by atoms with Crippen LogP contribution in [0.15, 0.2) is 66.2 Å². The van der Waals surface area contributed by atoms with Gasteiger partial charge in [0.05, 0.1) is 22.1 Å². The fraction of sp³-hybridized carbons (Fsp3) is 0.143. The molecule has 0 aliphatic heterocycles. The number of carbonyl (C=O) groups excluding carboxylic acids is 1. The van der Waals surface area contributed by atoms with Gasteiger partial charge < -0.3 is 0 Å². The molecule has 1 aliphatic rings. The maximum absolute atomic E-state index is 11.8. The highest BCUT2D eigenvalue weighted by Gasteiger charge is 2.32. The van der Waals surface area contributed by atoms with Gasteiger partial charge in [0.25, 0.3) is 0 Å². The summed E-state index contributed by atoms with van der Waals surface area (Å²) in [6.07, 6.45) is 1.58. The number of fused-ring (bicyclic) bond motifs is 1. The van der Waals surface area contributed by atoms with Gasteiger partial charge in [-0.3, -0.25) is 4.79 Å². The first-order valence-corrected chi connectivity index (χ1v) is 8.62. The van der Waals surface area contributed by atoms with E-state index in [2.05, 4.69) is 0 Å². The number of hydrogen-bond donors (Lipinski definition) is 0. The maximum Gasteiger partial charge on any atom is 0.148 e. The van der Waals surface area contributed by atoms with Gasteiger partial charge in [0.1, 0.15) is 6.29 Å². The number of rotatable bonds is 3. The highest BCUT2D eigenvalue weighted by molar-refractivity contribution is 6.51. The average molecular weight is 349 g/mol. The predicted octanol–water partition coefficient (Wildman–Crippen LogP) is 4.67. The van der Waals surface area contributed by atoms with E-state index in [0.717, 1.165) is 34.5 Å². The molecule has 4 heteroatoms. The third-order valence-electron chi connectivity index (χ3n) is 4.73. The Kier molecular flexibility index (Phi) is 4.02. The summed E-state index contributed by atoms with van der Waals surface area (Å²) in [4.78, 5) is 11.8. The Balaban J connectivity index is 1.92. The molecule has 0 amide bonds. The zero-order valence-corrected chi connectivity index (χ0v) is 14.6. The van der Waals surface area contributed by atoms with Crippen LogP contribution in [0.5, 0.6) is 0 Å². The molecule has 0 N–H and O–H groups in total. The molecule has 0 spiro atoms. The molecular formula is C21H17ClN2O. The lowest BCUT2D eigenvalue weighted by Gasteiger charge is -2.25. The molecule has 0 saturated heterocycles. The molecule has 2 aromatic carbocycles. The quantitative estimate of drug-likeness (QED) is 0.645. The molecule has 3 nitrogen and oxygen atoms in total. The number of aryl methyl sites for hydroxylation is 1. The Hall–Kier alpha value is -2.65. The van der Waals surface area contributed by atoms with Gasteiger partial charge in [0, 0.05) is 23.5 Å². The van der Waals surface area contributed by atoms with Crippen LogP contribution in [0.25, 0.3) is 10.7 Å². The summed E-state index contributed by atoms with van der Waals surface area (Å²) in [7, 11) is 0. The first-order chi connectivity index (χ1) is 12.2. The molecule has 3 aromatic rings. The standard InChI is InChI=1S/C21H17ClN2O/c1-14-20-19(24(23-14)16-10-6-3-7-11-16)12-17(18(13-25)21(20)22)15-8-4-2-5-9-15/h2-11,13,17H,12H2,1H3/t17-/m1/s1. The number of allylic oxidation sites excluding steroid dienone is 1. The molecule has 0 bridgehead atoms. The van der Waals surface area contributed by atoms with Crippen molar-refractivity contribution in [2.45, 2.75) is 19.3 Å². The van der Waals surface area contributed by atoms with E-state index in [4.69, 9.17) is 16.7 Å². The molecule has 1 aromatic heterocycles. The van der Waals surface area contributed by atoms with Gasteiger partial charge in [-0.25, -0.2) is 4.68 Å². The highest BCUT2D eigenvalue weighted by atomic mass is 35.5. The van der Waals surface area contributed by atoms with E-state index in [9.17, 15) is 4.79 Å². The lowest BCUT2D eigenvalue weighted by Crippen LogP contribution is -2.17. The summed E-state index contributed by atoms with van der Waals surface area (Å²) < 4.78 is 1.95. The van der Waals surface area contributed by atoms with Crippen molar-refractivity contribution in [2.75, 3.05) is 0 Å². The monoisotopic (exact) mass is 348 g/mol. The van der Waals surface area contributed by atoms with Gasteiger partial charge in [-0.05, 0) is 24.6 Å². The number of benzene rings is 2. The maximum atomic E-state index is 11.8. The second-order valence-corrected chi connectivity index (χ2v) is 6.59. The normalized spacial score (nSPS) is 16.6. The van der Waals surface area contributed by atoms with Crippen molar-refractivity contribution in [1.82, 2.24) is 9.78 Å². The molecule has 1 atom stereocenters. The first-order valence-electron chi connectivity index (χ1n) is 8.24. The van der Waals surface area contributed by atoms with E-state index >= 15 is 0 Å². The number of hydrogen-bond acceptors (Lipinski definition) is 2. The number of aldehydes is 1. The van der Waals surface area contributed by atoms with Crippen LogP contribution in [-0.4, -0.2) is 16.1 Å². The fourth-order valence-electron chi connectivity index (χ4n) is 3.55. The van der Waals surface area contributed by atoms with E-state index in [1.165, 1.54) is 0 Å². The lowest BCUT2D eigenvalue weighted by atomic mass is 9.81. The molecule has 0 saturated carbocycles. The second kappa shape index (κ2) is 6.34. The zero-order valence-electron chi connectivity index (χ0n) is 13.8. The van der Waals surface area contributed by atoms with E-state index in [0.29, 0.717) is 17.0 Å². The van der Waals surface area contributed by atoms with Crippen molar-refractivity contribution in [3.8, 4) is 5.69 Å². The predicted molar refractivity (Wildman–Crippen MR) is 100 cm³/mol. The molecule has 1 aliphatic carbocycles. The SMILES string of the molecule is Cc1nn(-c2ccccc2)c2c1C(Cl)=C(C=O)[C@@H](c1ccccc1)C2. The fourth-order valence-corrected chi connectivity index (χ4v) is 3.97. The van der Waals surface area contributed by atoms with Crippen LogP contribution in [0, 0.1) is 6.92 Å². The van der Waals surface area contributed by atoms with Crippen LogP contribution in [0.3, 0.4) is 0 Å². The van der Waals surface area contributed by atoms with Crippen LogP contribution < -0.4 is 0 Å². The Bertz CT molecular complexity index is 958. The minimum absolute atomic E-state index is 0.0581. The van der Waals surface area contributed by atoms with Gasteiger partial charge >= 0.3 is 0 Å². The summed E-state index contributed by atoms with van der Waals surface area (Å²) in [6.45, 7) is 1.94. The topological polar surface area (TPSA) is 34.9 Å². The smallest absolute Gasteiger partial charge is 0.148 e. The summed E-state index contributed by atoms with van der Waals surface area (Å²) in [5.74, 6) is -0.0581. The van der Waals surface area contributed by atoms with Crippen molar-refractivity contribution < 1.29 is 4.79 Å². The van der Waals surface area contributed by atoms with E-state index < -0.39 is 0 Å². The summed E-state index contributed by atoms with van der Waals surface area (Å²) in [6, 6.07) is 20.0. The van der Waals surface area contributed by atoms with E-state index in [1.807, 2.05) is 72.3 Å². The van der Waals surface area contributed by atoms with Crippen molar-refractivity contribution in [3.05, 3.63) is 88.8 Å². The second-order valence-electron chi connectivity index (χ2n) is 6.21. The highest BCUT2D eigenvalue weighted by Crippen LogP contribution is 2.43. The Morgan fingerprint density at radius 1 is 1.08 bits per heavy atom. The average Bonchev–Trinajstić information content (AvgIpc) is 3.00. The third kappa shape index (κ3) is 2.61. The van der Waals surface area contributed by atoms with Gasteiger partial charge in [0.2, 0.25) is 0 Å². The zero-order chi connectivity index (χ0) is 17.4. The van der Waals surface area contributed by atoms with Gasteiger partial charge in [0.15, 0.2) is 0 Å². The number of carbonyl (C=O) groups is 1. The summed E-state index contributed by atoms with van der Waals surface area (Å²) in [5.41, 5.74) is 5.50. The Morgan fingerprint density at radius 2 is 1.72 bits per heavy atom. The number of halogens is 1. The summed E-state index contributed by atoms with van der Waals surface area (Å²) >= 11 is 6.66. The van der Waals surface area contributed by atoms with Crippen LogP contribution in [0.2, 0.25) is 0 Å². The van der Waals surface area contributed by atoms with Gasteiger partial charge in [-0.1, -0.05) is 60.1 Å². The molecule has 0 unspecified atom stereocenters. The summed E-state index contributed by atoms with van der Waals surface area (Å²) in [5, 5.41) is 5.21. The molecule has 124 valence electrons. The molecular weight excluding hydrogens is 332 g/mol. The lowest BCUT2D eigenvalue weighted by molar-refractivity contribution is -0.105. The van der Waals surface area contributed by atoms with E-state index in [1.54, 1.807) is 0 Å². The molecule has 0 fully saturated rings. The van der Waals surface area contributed by atoms with Crippen LogP contribution in [0.1, 0.15) is 28.4 Å². The van der Waals surface area contributed by atoms with Crippen molar-refractivity contribution in [1.29, 1.82) is 0 Å². The molecule has 25 heavy (non-hydrogen) atoms. The van der Waals surface area contributed by atoms with Crippen LogP contribution in [-0.2, 0) is 11.2 Å². The number of para-hydroxylation sites is 1. The Morgan fingerprint density at radius 3 is 2.36 bits per heavy atom. The largest absolute Gasteiger partial charge is 0.298 e. The first kappa shape index (κ1) is 15.9. The van der Waals surface area contributed by atoms with E-state index in [-0.39, 0.29) is 5.92 Å². The van der Waals surface area contributed by atoms with Crippen molar-refractivity contribution in [3.63, 3.8) is 0 Å². The number of aromatic nitrogens is 2. The van der Waals surface area contributed by atoms with Crippen molar-refractivity contribution in [2.24, 2.45) is 0 Å². The third-order valence-corrected chi connectivity index (χ3v) is 5.14. The minimum atomic E-state index is -0.0581. The van der Waals surface area contributed by atoms with Crippen LogP contribution >= 0.6 is 11.6 Å². The van der Waals surface area contributed by atoms with Crippen molar-refractivity contribution >= 4 is 22.9 Å².